The zero-order chi connectivity index (χ0) is 28.6. The zero-order valence-electron chi connectivity index (χ0n) is 22.9. The van der Waals surface area contributed by atoms with Gasteiger partial charge in [0.15, 0.2) is 5.78 Å². The molecule has 40 heavy (non-hydrogen) atoms. The summed E-state index contributed by atoms with van der Waals surface area (Å²) in [6.07, 6.45) is -1.22. The van der Waals surface area contributed by atoms with E-state index in [4.69, 9.17) is 4.74 Å². The number of ketones is 2. The van der Waals surface area contributed by atoms with Crippen LogP contribution in [0.25, 0.3) is 10.8 Å². The molecule has 6 heteroatoms. The first-order chi connectivity index (χ1) is 19.2. The van der Waals surface area contributed by atoms with Crippen molar-refractivity contribution < 1.29 is 23.9 Å². The fourth-order valence-corrected chi connectivity index (χ4v) is 5.35. The number of ether oxygens (including phenoxy) is 1. The minimum Gasteiger partial charge on any atom is -0.453 e. The molecule has 202 valence electrons. The van der Waals surface area contributed by atoms with Crippen LogP contribution in [0.4, 0.5) is 5.69 Å². The molecule has 5 rings (SSSR count). The molecule has 1 N–H and O–H groups in total. The monoisotopic (exact) mass is 533 g/mol. The van der Waals surface area contributed by atoms with Crippen LogP contribution in [0.15, 0.2) is 84.9 Å². The highest BCUT2D eigenvalue weighted by Gasteiger charge is 2.46. The Balaban J connectivity index is 1.57. The number of Topliss-reactive ketones (excluding diaryl/α,β-unsaturated/α-hetero) is 2. The molecule has 0 radical (unpaired) electrons. The van der Waals surface area contributed by atoms with Crippen molar-refractivity contribution in [3.63, 3.8) is 0 Å². The Morgan fingerprint density at radius 1 is 0.750 bits per heavy atom. The predicted octanol–water partition coefficient (Wildman–Crippen LogP) is 7.01. The van der Waals surface area contributed by atoms with E-state index in [1.54, 1.807) is 42.5 Å². The van der Waals surface area contributed by atoms with E-state index >= 15 is 0 Å². The lowest BCUT2D eigenvalue weighted by atomic mass is 9.84. The summed E-state index contributed by atoms with van der Waals surface area (Å²) in [4.78, 5) is 54.4. The first-order valence-electron chi connectivity index (χ1n) is 13.5. The van der Waals surface area contributed by atoms with E-state index in [2.05, 4.69) is 5.32 Å². The number of nitrogens with one attached hydrogen (secondary N) is 1. The second kappa shape index (κ2) is 10.9. The normalized spacial score (nSPS) is 15.2. The summed E-state index contributed by atoms with van der Waals surface area (Å²) in [6.45, 7) is 8.05. The SMILES string of the molecule is CC(C)c1cccc(C(C)C)c1NC(=O)C(=O)[C@H](C(=O)c1ccc2ccccc2c1)[C@H]1OC(=O)c2ccccc21. The fraction of sp³-hybridized carbons (Fsp3) is 0.235. The average Bonchev–Trinajstić information content (AvgIpc) is 3.28. The van der Waals surface area contributed by atoms with Gasteiger partial charge in [0.05, 0.1) is 5.56 Å². The van der Waals surface area contributed by atoms with Gasteiger partial charge in [-0.2, -0.15) is 0 Å². The number of hydrogen-bond acceptors (Lipinski definition) is 5. The van der Waals surface area contributed by atoms with Gasteiger partial charge in [0, 0.05) is 16.8 Å². The van der Waals surface area contributed by atoms with Crippen LogP contribution in [0.2, 0.25) is 0 Å². The molecule has 1 aliphatic rings. The van der Waals surface area contributed by atoms with Crippen LogP contribution in [-0.2, 0) is 14.3 Å². The van der Waals surface area contributed by atoms with Crippen molar-refractivity contribution in [3.05, 3.63) is 113 Å². The van der Waals surface area contributed by atoms with Crippen LogP contribution < -0.4 is 5.32 Å². The van der Waals surface area contributed by atoms with Crippen molar-refractivity contribution >= 4 is 39.9 Å². The van der Waals surface area contributed by atoms with Crippen molar-refractivity contribution in [1.82, 2.24) is 0 Å². The second-order valence-electron chi connectivity index (χ2n) is 10.8. The number of para-hydroxylation sites is 1. The molecule has 0 spiro atoms. The molecular formula is C34H31NO5. The molecule has 6 nitrogen and oxygen atoms in total. The Bertz CT molecular complexity index is 1630. The van der Waals surface area contributed by atoms with Gasteiger partial charge in [-0.05, 0) is 45.9 Å². The van der Waals surface area contributed by atoms with Gasteiger partial charge in [-0.1, -0.05) is 100 Å². The van der Waals surface area contributed by atoms with Gasteiger partial charge >= 0.3 is 5.97 Å². The number of anilines is 1. The Morgan fingerprint density at radius 2 is 1.38 bits per heavy atom. The molecule has 0 saturated carbocycles. The highest BCUT2D eigenvalue weighted by atomic mass is 16.5. The average molecular weight is 534 g/mol. The Labute approximate surface area is 233 Å². The van der Waals surface area contributed by atoms with Crippen LogP contribution in [-0.4, -0.2) is 23.4 Å². The van der Waals surface area contributed by atoms with E-state index in [0.717, 1.165) is 21.9 Å². The Hall–Kier alpha value is -4.58. The maximum atomic E-state index is 14.0. The molecule has 4 aromatic rings. The van der Waals surface area contributed by atoms with Crippen LogP contribution >= 0.6 is 0 Å². The standard InChI is InChI=1S/C34H31NO5/c1-19(2)24-14-9-15-25(20(3)4)29(24)35-33(38)31(37)28(32-26-12-7-8-13-27(26)34(39)40-32)30(36)23-17-16-21-10-5-6-11-22(21)18-23/h5-20,28,32H,1-4H3,(H,35,38)/t28-,32-/m0/s1. The summed E-state index contributed by atoms with van der Waals surface area (Å²) >= 11 is 0. The van der Waals surface area contributed by atoms with E-state index in [-0.39, 0.29) is 23.0 Å². The van der Waals surface area contributed by atoms with E-state index in [0.29, 0.717) is 11.3 Å². The third-order valence-electron chi connectivity index (χ3n) is 7.46. The van der Waals surface area contributed by atoms with Gasteiger partial charge in [-0.25, -0.2) is 4.79 Å². The lowest BCUT2D eigenvalue weighted by molar-refractivity contribution is -0.138. The Morgan fingerprint density at radius 3 is 2.05 bits per heavy atom. The summed E-state index contributed by atoms with van der Waals surface area (Å²) in [5.74, 6) is -4.47. The molecule has 1 amide bonds. The topological polar surface area (TPSA) is 89.5 Å². The minimum absolute atomic E-state index is 0.0850. The second-order valence-corrected chi connectivity index (χ2v) is 10.8. The van der Waals surface area contributed by atoms with E-state index in [9.17, 15) is 19.2 Å². The number of esters is 1. The first kappa shape index (κ1) is 27.0. The molecule has 0 aromatic heterocycles. The number of rotatable bonds is 8. The van der Waals surface area contributed by atoms with Crippen LogP contribution in [0.1, 0.15) is 83.0 Å². The molecule has 1 aliphatic heterocycles. The lowest BCUT2D eigenvalue weighted by Gasteiger charge is -2.23. The van der Waals surface area contributed by atoms with Crippen molar-refractivity contribution in [1.29, 1.82) is 0 Å². The van der Waals surface area contributed by atoms with Crippen molar-refractivity contribution in [2.45, 2.75) is 45.6 Å². The Kier molecular flexibility index (Phi) is 7.35. The summed E-state index contributed by atoms with van der Waals surface area (Å²) in [6, 6.07) is 25.1. The lowest BCUT2D eigenvalue weighted by Crippen LogP contribution is -2.38. The van der Waals surface area contributed by atoms with E-state index < -0.39 is 35.5 Å². The van der Waals surface area contributed by atoms with Crippen LogP contribution in [0.5, 0.6) is 0 Å². The number of fused-ring (bicyclic) bond motifs is 2. The van der Waals surface area contributed by atoms with Crippen molar-refractivity contribution in [2.24, 2.45) is 5.92 Å². The molecule has 2 atom stereocenters. The van der Waals surface area contributed by atoms with E-state index in [1.807, 2.05) is 70.2 Å². The van der Waals surface area contributed by atoms with Crippen molar-refractivity contribution in [2.75, 3.05) is 5.32 Å². The number of carbonyl (C=O) groups excluding carboxylic acids is 4. The number of hydrogen-bond donors (Lipinski definition) is 1. The molecule has 0 fully saturated rings. The van der Waals surface area contributed by atoms with Crippen molar-refractivity contribution in [3.8, 4) is 0 Å². The number of amides is 1. The van der Waals surface area contributed by atoms with E-state index in [1.165, 1.54) is 0 Å². The largest absolute Gasteiger partial charge is 0.453 e. The molecule has 0 bridgehead atoms. The van der Waals surface area contributed by atoms with Gasteiger partial charge in [0.2, 0.25) is 5.78 Å². The van der Waals surface area contributed by atoms with Gasteiger partial charge in [-0.15, -0.1) is 0 Å². The van der Waals surface area contributed by atoms with Gasteiger partial charge < -0.3 is 10.1 Å². The van der Waals surface area contributed by atoms with Gasteiger partial charge in [0.25, 0.3) is 5.91 Å². The highest BCUT2D eigenvalue weighted by molar-refractivity contribution is 6.45. The maximum Gasteiger partial charge on any atom is 0.339 e. The number of cyclic esters (lactones) is 1. The number of carbonyl (C=O) groups is 4. The summed E-state index contributed by atoms with van der Waals surface area (Å²) < 4.78 is 5.61. The molecular weight excluding hydrogens is 502 g/mol. The van der Waals surface area contributed by atoms with Gasteiger partial charge in [-0.3, -0.25) is 14.4 Å². The summed E-state index contributed by atoms with van der Waals surface area (Å²) in [5.41, 5.74) is 3.31. The summed E-state index contributed by atoms with van der Waals surface area (Å²) in [5, 5.41) is 4.59. The minimum atomic E-state index is -1.55. The smallest absolute Gasteiger partial charge is 0.339 e. The fourth-order valence-electron chi connectivity index (χ4n) is 5.35. The number of benzene rings is 4. The van der Waals surface area contributed by atoms with Crippen LogP contribution in [0, 0.1) is 5.92 Å². The molecule has 4 aromatic carbocycles. The molecule has 0 aliphatic carbocycles. The first-order valence-corrected chi connectivity index (χ1v) is 13.5. The maximum absolute atomic E-state index is 14.0. The quantitative estimate of drug-likeness (QED) is 0.114. The molecule has 1 heterocycles. The third kappa shape index (κ3) is 4.93. The third-order valence-corrected chi connectivity index (χ3v) is 7.46. The van der Waals surface area contributed by atoms with Gasteiger partial charge in [0.1, 0.15) is 12.0 Å². The molecule has 0 saturated heterocycles. The predicted molar refractivity (Wildman–Crippen MR) is 155 cm³/mol. The van der Waals surface area contributed by atoms with Crippen LogP contribution in [0.3, 0.4) is 0 Å². The zero-order valence-corrected chi connectivity index (χ0v) is 22.9. The summed E-state index contributed by atoms with van der Waals surface area (Å²) in [7, 11) is 0. The molecule has 0 unspecified atom stereocenters. The highest BCUT2D eigenvalue weighted by Crippen LogP contribution is 2.39.